The quantitative estimate of drug-likeness (QED) is 0.499. The average molecular weight is 438 g/mol. The second kappa shape index (κ2) is 9.12. The Morgan fingerprint density at radius 2 is 2.00 bits per heavy atom. The minimum atomic E-state index is -3.35. The first-order chi connectivity index (χ1) is 13.8. The van der Waals surface area contributed by atoms with Gasteiger partial charge in [0.1, 0.15) is 0 Å². The molecular weight excluding hydrogens is 416 g/mol. The number of rotatable bonds is 6. The molecule has 1 aliphatic rings. The fourth-order valence-corrected chi connectivity index (χ4v) is 6.09. The lowest BCUT2D eigenvalue weighted by Crippen LogP contribution is -2.43. The Morgan fingerprint density at radius 1 is 1.28 bits per heavy atom. The first kappa shape index (κ1) is 21.6. The molecule has 1 aromatic heterocycles. The van der Waals surface area contributed by atoms with Crippen molar-refractivity contribution in [3.8, 4) is 0 Å². The van der Waals surface area contributed by atoms with Crippen molar-refractivity contribution in [2.45, 2.75) is 30.7 Å². The molecule has 1 saturated heterocycles. The summed E-state index contributed by atoms with van der Waals surface area (Å²) in [7, 11) is -2.09. The van der Waals surface area contributed by atoms with Gasteiger partial charge in [-0.1, -0.05) is 30.3 Å². The lowest BCUT2D eigenvalue weighted by molar-refractivity contribution is 0.0600. The summed E-state index contributed by atoms with van der Waals surface area (Å²) in [6, 6.07) is 11.4. The summed E-state index contributed by atoms with van der Waals surface area (Å²) in [6.07, 6.45) is 1.73. The molecule has 0 saturated carbocycles. The first-order valence-electron chi connectivity index (χ1n) is 8.97. The van der Waals surface area contributed by atoms with Crippen LogP contribution in [0.2, 0.25) is 0 Å². The molecule has 156 valence electrons. The smallest absolute Gasteiger partial charge is 0.339 e. The van der Waals surface area contributed by atoms with Crippen LogP contribution in [0.25, 0.3) is 0 Å². The van der Waals surface area contributed by atoms with Crippen LogP contribution in [0.1, 0.15) is 39.7 Å². The summed E-state index contributed by atoms with van der Waals surface area (Å²) in [5.41, 5.74) is 1.37. The highest BCUT2D eigenvalue weighted by Gasteiger charge is 2.38. The van der Waals surface area contributed by atoms with Gasteiger partial charge in [-0.15, -0.1) is 0 Å². The van der Waals surface area contributed by atoms with E-state index < -0.39 is 38.4 Å². The van der Waals surface area contributed by atoms with Crippen LogP contribution in [0.15, 0.2) is 48.7 Å². The van der Waals surface area contributed by atoms with Crippen LogP contribution in [-0.4, -0.2) is 51.3 Å². The highest BCUT2D eigenvalue weighted by atomic mass is 32.2. The Balaban J connectivity index is 1.80. The van der Waals surface area contributed by atoms with Gasteiger partial charge in [0.05, 0.1) is 35.9 Å². The molecule has 1 fully saturated rings. The molecule has 3 unspecified atom stereocenters. The molecule has 0 spiro atoms. The molecule has 1 aromatic carbocycles. The molecule has 0 amide bonds. The van der Waals surface area contributed by atoms with Crippen LogP contribution in [0.5, 0.6) is 0 Å². The largest absolute Gasteiger partial charge is 0.760 e. The number of hydrogen-bond donors (Lipinski definition) is 0. The second-order valence-electron chi connectivity index (χ2n) is 6.77. The van der Waals surface area contributed by atoms with Gasteiger partial charge in [-0.3, -0.25) is 9.19 Å². The van der Waals surface area contributed by atoms with Gasteiger partial charge in [0.25, 0.3) is 0 Å². The number of hydrogen-bond acceptors (Lipinski definition) is 7. The minimum absolute atomic E-state index is 0.0101. The molecule has 29 heavy (non-hydrogen) atoms. The Labute approximate surface area is 172 Å². The van der Waals surface area contributed by atoms with Crippen molar-refractivity contribution in [3.63, 3.8) is 0 Å². The Hall–Kier alpha value is -2.14. The molecule has 0 N–H and O–H groups in total. The third kappa shape index (κ3) is 5.08. The summed E-state index contributed by atoms with van der Waals surface area (Å²) in [5, 5.41) is -0.747. The van der Waals surface area contributed by atoms with Gasteiger partial charge in [-0.2, -0.15) is 0 Å². The molecule has 1 aliphatic heterocycles. The van der Waals surface area contributed by atoms with Crippen LogP contribution in [0.3, 0.4) is 0 Å². The van der Waals surface area contributed by atoms with Crippen molar-refractivity contribution >= 4 is 27.1 Å². The zero-order valence-corrected chi connectivity index (χ0v) is 17.4. The zero-order chi connectivity index (χ0) is 21.0. The normalized spacial score (nSPS) is 22.2. The van der Waals surface area contributed by atoms with E-state index in [4.69, 9.17) is 0 Å². The van der Waals surface area contributed by atoms with E-state index in [-0.39, 0.29) is 30.7 Å². The van der Waals surface area contributed by atoms with E-state index in [9.17, 15) is 22.0 Å². The van der Waals surface area contributed by atoms with Gasteiger partial charge in [0.2, 0.25) is 0 Å². The predicted molar refractivity (Wildman–Crippen MR) is 106 cm³/mol. The lowest BCUT2D eigenvalue weighted by atomic mass is 10.0. The Morgan fingerprint density at radius 3 is 2.59 bits per heavy atom. The van der Waals surface area contributed by atoms with Gasteiger partial charge in [0.15, 0.2) is 9.84 Å². The number of benzene rings is 1. The summed E-state index contributed by atoms with van der Waals surface area (Å²) < 4.78 is 54.8. The maximum atomic E-state index is 12.6. The third-order valence-corrected chi connectivity index (χ3v) is 7.94. The number of sulfone groups is 1. The van der Waals surface area contributed by atoms with E-state index in [2.05, 4.69) is 9.72 Å². The van der Waals surface area contributed by atoms with E-state index in [1.807, 2.05) is 0 Å². The van der Waals surface area contributed by atoms with Crippen molar-refractivity contribution in [2.75, 3.05) is 12.9 Å². The number of nitrogens with zero attached hydrogens (tertiary/aromatic N) is 2. The maximum absolute atomic E-state index is 12.6. The van der Waals surface area contributed by atoms with Gasteiger partial charge >= 0.3 is 5.97 Å². The minimum Gasteiger partial charge on any atom is -0.760 e. The Bertz CT molecular complexity index is 980. The molecule has 0 aliphatic carbocycles. The highest BCUT2D eigenvalue weighted by Crippen LogP contribution is 2.36. The topological polar surface area (TPSA) is 117 Å². The fourth-order valence-electron chi connectivity index (χ4n) is 3.45. The molecule has 2 heterocycles. The molecule has 0 bridgehead atoms. The van der Waals surface area contributed by atoms with E-state index in [1.54, 1.807) is 36.4 Å². The summed E-state index contributed by atoms with van der Waals surface area (Å²) in [4.78, 5) is 15.6. The van der Waals surface area contributed by atoms with Crippen molar-refractivity contribution < 1.29 is 26.7 Å². The summed E-state index contributed by atoms with van der Waals surface area (Å²) in [6.45, 7) is -0.0101. The van der Waals surface area contributed by atoms with E-state index in [1.165, 1.54) is 23.7 Å². The van der Waals surface area contributed by atoms with Gasteiger partial charge < -0.3 is 9.29 Å². The van der Waals surface area contributed by atoms with Crippen LogP contribution in [0.4, 0.5) is 0 Å². The van der Waals surface area contributed by atoms with Crippen molar-refractivity contribution in [3.05, 3.63) is 65.5 Å². The number of methoxy groups -OCH3 is 1. The Kier molecular flexibility index (Phi) is 6.78. The molecule has 3 rings (SSSR count). The van der Waals surface area contributed by atoms with Gasteiger partial charge in [0, 0.05) is 23.5 Å². The van der Waals surface area contributed by atoms with Crippen LogP contribution < -0.4 is 0 Å². The number of ether oxygens (including phenoxy) is 1. The van der Waals surface area contributed by atoms with Crippen molar-refractivity contribution in [2.24, 2.45) is 0 Å². The standard InChI is InChI=1S/C19H22N2O6S2/c1-27-19(22)15-7-8-16(20-12-15)13-21(28(23)24)17-9-10-29(25,26)18(11-17)14-5-3-2-4-6-14/h2-8,12,17-18H,9-11,13H2,1H3,(H,23,24)/p-1. The lowest BCUT2D eigenvalue weighted by Gasteiger charge is -2.37. The molecule has 8 nitrogen and oxygen atoms in total. The molecule has 10 heteroatoms. The highest BCUT2D eigenvalue weighted by molar-refractivity contribution is 7.91. The van der Waals surface area contributed by atoms with Crippen molar-refractivity contribution in [1.29, 1.82) is 0 Å². The van der Waals surface area contributed by atoms with E-state index in [0.717, 1.165) is 0 Å². The monoisotopic (exact) mass is 437 g/mol. The van der Waals surface area contributed by atoms with Crippen LogP contribution >= 0.6 is 0 Å². The maximum Gasteiger partial charge on any atom is 0.339 e. The van der Waals surface area contributed by atoms with Crippen LogP contribution in [-0.2, 0) is 32.4 Å². The average Bonchev–Trinajstić information content (AvgIpc) is 2.72. The number of esters is 1. The van der Waals surface area contributed by atoms with Gasteiger partial charge in [-0.05, 0) is 30.5 Å². The summed E-state index contributed by atoms with van der Waals surface area (Å²) >= 11 is -2.56. The first-order valence-corrected chi connectivity index (χ1v) is 11.7. The molecule has 3 atom stereocenters. The number of aromatic nitrogens is 1. The SMILES string of the molecule is COC(=O)c1ccc(CN(C2CCS(=O)(=O)C(c3ccccc3)C2)S(=O)[O-])nc1. The van der Waals surface area contributed by atoms with Crippen molar-refractivity contribution in [1.82, 2.24) is 9.29 Å². The predicted octanol–water partition coefficient (Wildman–Crippen LogP) is 1.78. The second-order valence-corrected chi connectivity index (χ2v) is 9.97. The van der Waals surface area contributed by atoms with Gasteiger partial charge in [-0.25, -0.2) is 17.5 Å². The van der Waals surface area contributed by atoms with E-state index >= 15 is 0 Å². The molecule has 2 aromatic rings. The number of pyridine rings is 1. The summed E-state index contributed by atoms with van der Waals surface area (Å²) in [5.74, 6) is -0.615. The van der Waals surface area contributed by atoms with Crippen LogP contribution in [0, 0.1) is 0 Å². The number of carbonyl (C=O) groups excluding carboxylic acids is 1. The fraction of sp³-hybridized carbons (Fsp3) is 0.368. The molecular formula is C19H21N2O6S2-. The molecule has 0 radical (unpaired) electrons. The number of carbonyl (C=O) groups is 1. The van der Waals surface area contributed by atoms with E-state index in [0.29, 0.717) is 11.3 Å². The third-order valence-electron chi connectivity index (χ3n) is 4.99. The zero-order valence-electron chi connectivity index (χ0n) is 15.8.